The molecule has 1 aromatic carbocycles. The minimum absolute atomic E-state index is 0.0715. The Morgan fingerprint density at radius 1 is 1.27 bits per heavy atom. The van der Waals surface area contributed by atoms with Gasteiger partial charge in [-0.25, -0.2) is 0 Å². The van der Waals surface area contributed by atoms with Gasteiger partial charge in [-0.2, -0.15) is 5.26 Å². The third kappa shape index (κ3) is 4.01. The fourth-order valence-electron chi connectivity index (χ4n) is 4.36. The normalized spacial score (nSPS) is 22.4. The number of aromatic nitrogens is 1. The van der Waals surface area contributed by atoms with Gasteiger partial charge >= 0.3 is 0 Å². The second-order valence-corrected chi connectivity index (χ2v) is 7.98. The van der Waals surface area contributed by atoms with Crippen molar-refractivity contribution in [1.29, 1.82) is 5.26 Å². The van der Waals surface area contributed by atoms with Crippen LogP contribution < -0.4 is 10.6 Å². The standard InChI is InChI=1S/C22H25N5O3/c23-13-16(11-15-8-9-24-20(15)28)25-21(29)19-7-3-4-10-27(19)22(30)18-12-14-5-1-2-6-17(14)26-18/h1-2,5-6,12,15-16,19,26H,3-4,7-11H2,(H,24,28)(H,25,29)/t15-,16-,19-/m0/s1. The first-order valence-corrected chi connectivity index (χ1v) is 10.4. The summed E-state index contributed by atoms with van der Waals surface area (Å²) in [5, 5.41) is 15.9. The third-order valence-electron chi connectivity index (χ3n) is 5.98. The molecule has 2 saturated heterocycles. The molecule has 0 spiro atoms. The Labute approximate surface area is 174 Å². The van der Waals surface area contributed by atoms with E-state index < -0.39 is 12.1 Å². The molecular weight excluding hydrogens is 382 g/mol. The lowest BCUT2D eigenvalue weighted by molar-refractivity contribution is -0.128. The number of carbonyl (C=O) groups excluding carboxylic acids is 3. The molecule has 3 atom stereocenters. The Morgan fingerprint density at radius 2 is 2.10 bits per heavy atom. The van der Waals surface area contributed by atoms with Gasteiger partial charge in [0, 0.05) is 29.9 Å². The molecular formula is C22H25N5O3. The van der Waals surface area contributed by atoms with Crippen molar-refractivity contribution in [1.82, 2.24) is 20.5 Å². The van der Waals surface area contributed by atoms with Gasteiger partial charge in [0.25, 0.3) is 5.91 Å². The monoisotopic (exact) mass is 407 g/mol. The largest absolute Gasteiger partial charge is 0.356 e. The number of rotatable bonds is 5. The smallest absolute Gasteiger partial charge is 0.270 e. The summed E-state index contributed by atoms with van der Waals surface area (Å²) in [5.74, 6) is -0.873. The lowest BCUT2D eigenvalue weighted by Crippen LogP contribution is -2.53. The predicted octanol–water partition coefficient (Wildman–Crippen LogP) is 1.70. The van der Waals surface area contributed by atoms with Gasteiger partial charge in [0.15, 0.2) is 0 Å². The molecule has 30 heavy (non-hydrogen) atoms. The molecule has 0 saturated carbocycles. The van der Waals surface area contributed by atoms with E-state index in [0.29, 0.717) is 31.6 Å². The van der Waals surface area contributed by atoms with Crippen molar-refractivity contribution in [3.05, 3.63) is 36.0 Å². The number of amides is 3. The van der Waals surface area contributed by atoms with Crippen LogP contribution in [-0.4, -0.2) is 52.8 Å². The second kappa shape index (κ2) is 8.57. The molecule has 8 nitrogen and oxygen atoms in total. The fourth-order valence-corrected chi connectivity index (χ4v) is 4.36. The highest BCUT2D eigenvalue weighted by atomic mass is 16.2. The molecule has 1 aromatic heterocycles. The van der Waals surface area contributed by atoms with Crippen LogP contribution in [0, 0.1) is 17.2 Å². The van der Waals surface area contributed by atoms with Crippen LogP contribution in [0.3, 0.4) is 0 Å². The number of fused-ring (bicyclic) bond motifs is 1. The van der Waals surface area contributed by atoms with Crippen molar-refractivity contribution >= 4 is 28.6 Å². The zero-order valence-electron chi connectivity index (χ0n) is 16.7. The second-order valence-electron chi connectivity index (χ2n) is 7.98. The number of benzene rings is 1. The van der Waals surface area contributed by atoms with Crippen molar-refractivity contribution in [2.24, 2.45) is 5.92 Å². The molecule has 2 fully saturated rings. The lowest BCUT2D eigenvalue weighted by Gasteiger charge is -2.35. The number of para-hydroxylation sites is 1. The van der Waals surface area contributed by atoms with Crippen LogP contribution in [-0.2, 0) is 9.59 Å². The Hall–Kier alpha value is -3.34. The molecule has 156 valence electrons. The maximum absolute atomic E-state index is 13.2. The number of carbonyl (C=O) groups is 3. The van der Waals surface area contributed by atoms with Gasteiger partial charge in [0.1, 0.15) is 17.8 Å². The van der Waals surface area contributed by atoms with E-state index in [9.17, 15) is 19.6 Å². The summed E-state index contributed by atoms with van der Waals surface area (Å²) in [6.07, 6.45) is 3.19. The van der Waals surface area contributed by atoms with Crippen LogP contribution in [0.15, 0.2) is 30.3 Å². The van der Waals surface area contributed by atoms with E-state index >= 15 is 0 Å². The minimum atomic E-state index is -0.752. The molecule has 2 aliphatic rings. The predicted molar refractivity (Wildman–Crippen MR) is 110 cm³/mol. The Kier molecular flexibility index (Phi) is 5.70. The molecule has 3 heterocycles. The summed E-state index contributed by atoms with van der Waals surface area (Å²) in [6.45, 7) is 1.10. The molecule has 3 N–H and O–H groups in total. The zero-order valence-corrected chi connectivity index (χ0v) is 16.7. The Balaban J connectivity index is 1.46. The number of piperidine rings is 1. The number of nitrogens with zero attached hydrogens (tertiary/aromatic N) is 2. The summed E-state index contributed by atoms with van der Waals surface area (Å²) >= 11 is 0. The first-order valence-electron chi connectivity index (χ1n) is 10.4. The summed E-state index contributed by atoms with van der Waals surface area (Å²) in [7, 11) is 0. The summed E-state index contributed by atoms with van der Waals surface area (Å²) in [6, 6.07) is 10.2. The molecule has 0 bridgehead atoms. The number of hydrogen-bond acceptors (Lipinski definition) is 4. The molecule has 0 radical (unpaired) electrons. The van der Waals surface area contributed by atoms with Crippen molar-refractivity contribution in [3.63, 3.8) is 0 Å². The first kappa shape index (κ1) is 20.0. The maximum atomic E-state index is 13.2. The number of hydrogen-bond donors (Lipinski definition) is 3. The average Bonchev–Trinajstić information content (AvgIpc) is 3.38. The van der Waals surface area contributed by atoms with Crippen LogP contribution in [0.2, 0.25) is 0 Å². The van der Waals surface area contributed by atoms with E-state index in [1.165, 1.54) is 0 Å². The maximum Gasteiger partial charge on any atom is 0.270 e. The minimum Gasteiger partial charge on any atom is -0.356 e. The van der Waals surface area contributed by atoms with Gasteiger partial charge in [-0.05, 0) is 44.2 Å². The van der Waals surface area contributed by atoms with Gasteiger partial charge in [-0.3, -0.25) is 14.4 Å². The number of nitriles is 1. The van der Waals surface area contributed by atoms with Gasteiger partial charge in [0.05, 0.1) is 6.07 Å². The van der Waals surface area contributed by atoms with Gasteiger partial charge in [0.2, 0.25) is 11.8 Å². The van der Waals surface area contributed by atoms with Gasteiger partial charge < -0.3 is 20.5 Å². The number of likely N-dealkylation sites (tertiary alicyclic amines) is 1. The molecule has 4 rings (SSSR count). The SMILES string of the molecule is N#C[C@H](C[C@@H]1CCNC1=O)NC(=O)[C@@H]1CCCCN1C(=O)c1cc2ccccc2[nH]1. The van der Waals surface area contributed by atoms with Crippen molar-refractivity contribution in [2.45, 2.75) is 44.2 Å². The van der Waals surface area contributed by atoms with E-state index in [1.54, 1.807) is 11.0 Å². The molecule has 2 aliphatic heterocycles. The fraction of sp³-hybridized carbons (Fsp3) is 0.455. The van der Waals surface area contributed by atoms with Gasteiger partial charge in [-0.15, -0.1) is 0 Å². The number of H-pyrrole nitrogens is 1. The van der Waals surface area contributed by atoms with E-state index in [2.05, 4.69) is 21.7 Å². The van der Waals surface area contributed by atoms with Crippen molar-refractivity contribution < 1.29 is 14.4 Å². The molecule has 0 unspecified atom stereocenters. The van der Waals surface area contributed by atoms with Crippen LogP contribution in [0.5, 0.6) is 0 Å². The van der Waals surface area contributed by atoms with E-state index in [-0.39, 0.29) is 30.1 Å². The van der Waals surface area contributed by atoms with Crippen molar-refractivity contribution in [3.8, 4) is 6.07 Å². The molecule has 8 heteroatoms. The van der Waals surface area contributed by atoms with Crippen LogP contribution in [0.1, 0.15) is 42.6 Å². The van der Waals surface area contributed by atoms with E-state index in [1.807, 2.05) is 24.3 Å². The van der Waals surface area contributed by atoms with Gasteiger partial charge in [-0.1, -0.05) is 18.2 Å². The van der Waals surface area contributed by atoms with Crippen LogP contribution in [0.4, 0.5) is 0 Å². The van der Waals surface area contributed by atoms with E-state index in [0.717, 1.165) is 23.7 Å². The lowest BCUT2D eigenvalue weighted by atomic mass is 9.97. The van der Waals surface area contributed by atoms with Crippen molar-refractivity contribution in [2.75, 3.05) is 13.1 Å². The highest BCUT2D eigenvalue weighted by Crippen LogP contribution is 2.23. The first-order chi connectivity index (χ1) is 14.6. The van der Waals surface area contributed by atoms with Crippen LogP contribution >= 0.6 is 0 Å². The Morgan fingerprint density at radius 3 is 2.83 bits per heavy atom. The number of aromatic amines is 1. The third-order valence-corrected chi connectivity index (χ3v) is 5.98. The van der Waals surface area contributed by atoms with E-state index in [4.69, 9.17) is 0 Å². The molecule has 0 aliphatic carbocycles. The molecule has 2 aromatic rings. The highest BCUT2D eigenvalue weighted by Gasteiger charge is 2.35. The quantitative estimate of drug-likeness (QED) is 0.699. The Bertz CT molecular complexity index is 975. The molecule has 3 amide bonds. The number of nitrogens with one attached hydrogen (secondary N) is 3. The summed E-state index contributed by atoms with van der Waals surface area (Å²) < 4.78 is 0. The topological polar surface area (TPSA) is 118 Å². The van der Waals surface area contributed by atoms with Crippen LogP contribution in [0.25, 0.3) is 10.9 Å². The average molecular weight is 407 g/mol. The summed E-state index contributed by atoms with van der Waals surface area (Å²) in [4.78, 5) is 42.7. The summed E-state index contributed by atoms with van der Waals surface area (Å²) in [5.41, 5.74) is 1.33. The zero-order chi connectivity index (χ0) is 21.1. The highest BCUT2D eigenvalue weighted by molar-refractivity contribution is 6.00.